The summed E-state index contributed by atoms with van der Waals surface area (Å²) in [5.41, 5.74) is -1.26. The molecule has 0 radical (unpaired) electrons. The van der Waals surface area contributed by atoms with Crippen molar-refractivity contribution in [3.63, 3.8) is 0 Å². The van der Waals surface area contributed by atoms with Crippen molar-refractivity contribution in [3.05, 3.63) is 59.4 Å². The number of hydrogen-bond donors (Lipinski definition) is 1. The molecule has 0 bridgehead atoms. The molecule has 0 spiro atoms. The van der Waals surface area contributed by atoms with Crippen LogP contribution in [0.1, 0.15) is 22.8 Å². The van der Waals surface area contributed by atoms with E-state index < -0.39 is 38.4 Å². The number of sulfonamides is 1. The summed E-state index contributed by atoms with van der Waals surface area (Å²) in [5.74, 6) is -1.86. The van der Waals surface area contributed by atoms with Crippen molar-refractivity contribution in [1.29, 1.82) is 0 Å². The molecule has 31 heavy (non-hydrogen) atoms. The van der Waals surface area contributed by atoms with Crippen LogP contribution in [0.4, 0.5) is 23.2 Å². The molecule has 0 atom stereocenters. The van der Waals surface area contributed by atoms with Crippen LogP contribution in [-0.2, 0) is 16.2 Å². The first-order chi connectivity index (χ1) is 14.5. The van der Waals surface area contributed by atoms with Gasteiger partial charge in [0.15, 0.2) is 0 Å². The van der Waals surface area contributed by atoms with Crippen LogP contribution in [-0.4, -0.2) is 56.3 Å². The zero-order chi connectivity index (χ0) is 22.8. The van der Waals surface area contributed by atoms with Gasteiger partial charge in [-0.25, -0.2) is 12.8 Å². The number of alkyl halides is 3. The van der Waals surface area contributed by atoms with Gasteiger partial charge in [-0.05, 0) is 42.9 Å². The Kier molecular flexibility index (Phi) is 6.68. The minimum atomic E-state index is -4.58. The first kappa shape index (κ1) is 23.2. The van der Waals surface area contributed by atoms with E-state index in [-0.39, 0.29) is 24.3 Å². The van der Waals surface area contributed by atoms with Crippen molar-refractivity contribution in [2.24, 2.45) is 0 Å². The largest absolute Gasteiger partial charge is 0.416 e. The molecule has 11 heteroatoms. The van der Waals surface area contributed by atoms with Gasteiger partial charge in [-0.3, -0.25) is 4.79 Å². The summed E-state index contributed by atoms with van der Waals surface area (Å²) in [4.78, 5) is 13.9. The second-order valence-corrected chi connectivity index (χ2v) is 8.92. The lowest BCUT2D eigenvalue weighted by Crippen LogP contribution is -2.48. The Hall–Kier alpha value is -2.50. The second-order valence-electron chi connectivity index (χ2n) is 7.02. The fraction of sp³-hybridized carbons (Fsp3) is 0.350. The van der Waals surface area contributed by atoms with Gasteiger partial charge in [0.05, 0.1) is 5.56 Å². The highest BCUT2D eigenvalue weighted by Crippen LogP contribution is 2.31. The highest BCUT2D eigenvalue weighted by molar-refractivity contribution is 7.89. The molecule has 0 aliphatic carbocycles. The molecule has 168 valence electrons. The van der Waals surface area contributed by atoms with E-state index in [9.17, 15) is 30.8 Å². The first-order valence-electron chi connectivity index (χ1n) is 9.53. The SMILES string of the molecule is CCN1CCN(S(=O)(=O)c2cc(C(=O)Nc3cccc(C(F)(F)F)c3)ccc2F)CC1. The third-order valence-corrected chi connectivity index (χ3v) is 6.95. The smallest absolute Gasteiger partial charge is 0.322 e. The lowest BCUT2D eigenvalue weighted by Gasteiger charge is -2.33. The third-order valence-electron chi connectivity index (χ3n) is 5.04. The van der Waals surface area contributed by atoms with Gasteiger partial charge >= 0.3 is 6.18 Å². The van der Waals surface area contributed by atoms with E-state index in [1.165, 1.54) is 6.07 Å². The molecule has 1 heterocycles. The lowest BCUT2D eigenvalue weighted by molar-refractivity contribution is -0.137. The fourth-order valence-corrected chi connectivity index (χ4v) is 4.76. The molecule has 1 amide bonds. The summed E-state index contributed by atoms with van der Waals surface area (Å²) in [6.07, 6.45) is -4.58. The Morgan fingerprint density at radius 3 is 2.35 bits per heavy atom. The van der Waals surface area contributed by atoms with Crippen LogP contribution in [0.15, 0.2) is 47.4 Å². The monoisotopic (exact) mass is 459 g/mol. The van der Waals surface area contributed by atoms with Gasteiger partial charge in [0, 0.05) is 37.4 Å². The summed E-state index contributed by atoms with van der Waals surface area (Å²) in [6.45, 7) is 4.12. The molecule has 3 rings (SSSR count). The predicted molar refractivity (Wildman–Crippen MR) is 107 cm³/mol. The molecule has 6 nitrogen and oxygen atoms in total. The van der Waals surface area contributed by atoms with Gasteiger partial charge in [0.25, 0.3) is 5.91 Å². The van der Waals surface area contributed by atoms with Crippen molar-refractivity contribution in [1.82, 2.24) is 9.21 Å². The normalized spacial score (nSPS) is 16.3. The summed E-state index contributed by atoms with van der Waals surface area (Å²) in [5, 5.41) is 2.29. The minimum absolute atomic E-state index is 0.121. The first-order valence-corrected chi connectivity index (χ1v) is 11.0. The summed E-state index contributed by atoms with van der Waals surface area (Å²) in [6, 6.07) is 6.85. The number of benzene rings is 2. The molecule has 1 aliphatic heterocycles. The maximum atomic E-state index is 14.4. The molecule has 0 unspecified atom stereocenters. The van der Waals surface area contributed by atoms with Crippen LogP contribution in [0.25, 0.3) is 0 Å². The number of carbonyl (C=O) groups excluding carboxylic acids is 1. The number of piperazine rings is 1. The van der Waals surface area contributed by atoms with Gasteiger partial charge < -0.3 is 10.2 Å². The predicted octanol–water partition coefficient (Wildman–Crippen LogP) is 3.42. The molecule has 2 aromatic carbocycles. The quantitative estimate of drug-likeness (QED) is 0.696. The molecule has 0 saturated carbocycles. The van der Waals surface area contributed by atoms with Gasteiger partial charge in [0.1, 0.15) is 10.7 Å². The van der Waals surface area contributed by atoms with E-state index in [2.05, 4.69) is 10.2 Å². The number of rotatable bonds is 5. The Morgan fingerprint density at radius 1 is 1.06 bits per heavy atom. The molecule has 1 fully saturated rings. The van der Waals surface area contributed by atoms with E-state index in [1.807, 2.05) is 6.92 Å². The number of hydrogen-bond acceptors (Lipinski definition) is 4. The Balaban J connectivity index is 1.83. The molecule has 2 aromatic rings. The van der Waals surface area contributed by atoms with Crippen LogP contribution in [0.3, 0.4) is 0 Å². The van der Waals surface area contributed by atoms with Crippen molar-refractivity contribution in [3.8, 4) is 0 Å². The fourth-order valence-electron chi connectivity index (χ4n) is 3.24. The maximum absolute atomic E-state index is 14.4. The molecule has 1 N–H and O–H groups in total. The summed E-state index contributed by atoms with van der Waals surface area (Å²) >= 11 is 0. The van der Waals surface area contributed by atoms with Crippen molar-refractivity contribution < 1.29 is 30.8 Å². The van der Waals surface area contributed by atoms with Crippen molar-refractivity contribution in [2.45, 2.75) is 18.0 Å². The van der Waals surface area contributed by atoms with Gasteiger partial charge in [-0.2, -0.15) is 17.5 Å². The Labute approximate surface area is 177 Å². The zero-order valence-electron chi connectivity index (χ0n) is 16.6. The highest BCUT2D eigenvalue weighted by Gasteiger charge is 2.32. The van der Waals surface area contributed by atoms with E-state index >= 15 is 0 Å². The van der Waals surface area contributed by atoms with Gasteiger partial charge in [-0.1, -0.05) is 13.0 Å². The van der Waals surface area contributed by atoms with Crippen molar-refractivity contribution >= 4 is 21.6 Å². The van der Waals surface area contributed by atoms with Crippen LogP contribution < -0.4 is 5.32 Å². The Bertz CT molecular complexity index is 1070. The van der Waals surface area contributed by atoms with E-state index in [0.717, 1.165) is 47.2 Å². The number of likely N-dealkylation sites (N-methyl/N-ethyl adjacent to an activating group) is 1. The standard InChI is InChI=1S/C20H21F4N3O3S/c1-2-26-8-10-27(11-9-26)31(29,30)18-12-14(6-7-17(18)21)19(28)25-16-5-3-4-15(13-16)20(22,23)24/h3-7,12-13H,2,8-11H2,1H3,(H,25,28). The van der Waals surface area contributed by atoms with Crippen LogP contribution in [0, 0.1) is 5.82 Å². The van der Waals surface area contributed by atoms with Crippen LogP contribution in [0.5, 0.6) is 0 Å². The van der Waals surface area contributed by atoms with E-state index in [1.54, 1.807) is 0 Å². The van der Waals surface area contributed by atoms with Gasteiger partial charge in [0.2, 0.25) is 10.0 Å². The third kappa shape index (κ3) is 5.23. The van der Waals surface area contributed by atoms with Crippen LogP contribution in [0.2, 0.25) is 0 Å². The van der Waals surface area contributed by atoms with E-state index in [4.69, 9.17) is 0 Å². The number of anilines is 1. The van der Waals surface area contributed by atoms with E-state index in [0.29, 0.717) is 13.1 Å². The molecular weight excluding hydrogens is 438 g/mol. The number of amides is 1. The molecule has 1 saturated heterocycles. The Morgan fingerprint density at radius 2 is 1.74 bits per heavy atom. The average Bonchev–Trinajstić information content (AvgIpc) is 2.73. The number of nitrogens with zero attached hydrogens (tertiary/aromatic N) is 2. The average molecular weight is 459 g/mol. The highest BCUT2D eigenvalue weighted by atomic mass is 32.2. The number of carbonyl (C=O) groups is 1. The summed E-state index contributed by atoms with van der Waals surface area (Å²) in [7, 11) is -4.18. The zero-order valence-corrected chi connectivity index (χ0v) is 17.4. The molecule has 1 aliphatic rings. The second kappa shape index (κ2) is 8.93. The maximum Gasteiger partial charge on any atom is 0.416 e. The molecular formula is C20H21F4N3O3S. The number of nitrogens with one attached hydrogen (secondary N) is 1. The van der Waals surface area contributed by atoms with Crippen molar-refractivity contribution in [2.75, 3.05) is 38.0 Å². The van der Waals surface area contributed by atoms with Gasteiger partial charge in [-0.15, -0.1) is 0 Å². The van der Waals surface area contributed by atoms with Crippen LogP contribution >= 0.6 is 0 Å². The topological polar surface area (TPSA) is 69.7 Å². The lowest BCUT2D eigenvalue weighted by atomic mass is 10.1. The molecule has 0 aromatic heterocycles. The minimum Gasteiger partial charge on any atom is -0.322 e. The summed E-state index contributed by atoms with van der Waals surface area (Å²) < 4.78 is 79.9. The number of halogens is 4.